The molecule has 0 spiro atoms. The molecule has 0 aliphatic carbocycles. The van der Waals surface area contributed by atoms with E-state index >= 15 is 0 Å². The van der Waals surface area contributed by atoms with Crippen molar-refractivity contribution in [3.8, 4) is 0 Å². The number of benzene rings is 2. The lowest BCUT2D eigenvalue weighted by Gasteiger charge is -2.17. The molecule has 0 amide bonds. The molecule has 1 atom stereocenters. The number of hydrogen-bond donors (Lipinski definition) is 2. The van der Waals surface area contributed by atoms with Crippen LogP contribution in [0, 0.1) is 5.82 Å². The predicted molar refractivity (Wildman–Crippen MR) is 81.7 cm³/mol. The molecule has 2 rings (SSSR count). The van der Waals surface area contributed by atoms with Crippen LogP contribution in [0.3, 0.4) is 0 Å². The van der Waals surface area contributed by atoms with E-state index in [0.717, 1.165) is 22.1 Å². The Hall–Kier alpha value is -1.55. The van der Waals surface area contributed by atoms with E-state index in [9.17, 15) is 4.39 Å². The Morgan fingerprint density at radius 1 is 1.21 bits per heavy atom. The largest absolute Gasteiger partial charge is 0.397 e. The Morgan fingerprint density at radius 3 is 2.53 bits per heavy atom. The summed E-state index contributed by atoms with van der Waals surface area (Å²) in [6.45, 7) is 2.07. The van der Waals surface area contributed by atoms with E-state index in [2.05, 4.69) is 28.2 Å². The molecule has 0 aliphatic heterocycles. The summed E-state index contributed by atoms with van der Waals surface area (Å²) in [6, 6.07) is 12.5. The molecule has 2 aromatic rings. The summed E-state index contributed by atoms with van der Waals surface area (Å²) in [6.07, 6.45) is 0.815. The van der Waals surface area contributed by atoms with Gasteiger partial charge in [0.25, 0.3) is 0 Å². The molecule has 100 valence electrons. The first-order chi connectivity index (χ1) is 9.04. The normalized spacial score (nSPS) is 12.2. The second-order valence-corrected chi connectivity index (χ2v) is 5.52. The van der Waals surface area contributed by atoms with Gasteiger partial charge in [-0.2, -0.15) is 0 Å². The van der Waals surface area contributed by atoms with E-state index in [4.69, 9.17) is 5.73 Å². The highest BCUT2D eigenvalue weighted by Gasteiger charge is 2.06. The third kappa shape index (κ3) is 3.96. The molecule has 0 fully saturated rings. The van der Waals surface area contributed by atoms with Gasteiger partial charge in [0.05, 0.1) is 11.4 Å². The van der Waals surface area contributed by atoms with E-state index in [0.29, 0.717) is 5.69 Å². The SMILES string of the molecule is CC(Cc1ccc(F)cc1)Nc1ccc(Br)cc1N. The maximum atomic E-state index is 12.8. The molecule has 0 saturated carbocycles. The summed E-state index contributed by atoms with van der Waals surface area (Å²) in [4.78, 5) is 0. The summed E-state index contributed by atoms with van der Waals surface area (Å²) < 4.78 is 13.8. The van der Waals surface area contributed by atoms with Crippen LogP contribution in [0.1, 0.15) is 12.5 Å². The zero-order valence-corrected chi connectivity index (χ0v) is 12.2. The number of nitrogens with one attached hydrogen (secondary N) is 1. The fourth-order valence-corrected chi connectivity index (χ4v) is 2.33. The molecule has 0 aliphatic rings. The number of nitrogen functional groups attached to an aromatic ring is 1. The van der Waals surface area contributed by atoms with Gasteiger partial charge in [-0.25, -0.2) is 4.39 Å². The summed E-state index contributed by atoms with van der Waals surface area (Å²) >= 11 is 3.38. The molecule has 1 unspecified atom stereocenters. The molecular formula is C15H16BrFN2. The lowest BCUT2D eigenvalue weighted by atomic mass is 10.1. The molecule has 2 aromatic carbocycles. The van der Waals surface area contributed by atoms with Crippen LogP contribution in [0.2, 0.25) is 0 Å². The van der Waals surface area contributed by atoms with Gasteiger partial charge in [0.1, 0.15) is 5.82 Å². The molecule has 0 aromatic heterocycles. The van der Waals surface area contributed by atoms with Crippen LogP contribution >= 0.6 is 15.9 Å². The highest BCUT2D eigenvalue weighted by atomic mass is 79.9. The number of hydrogen-bond acceptors (Lipinski definition) is 2. The van der Waals surface area contributed by atoms with E-state index in [-0.39, 0.29) is 11.9 Å². The molecule has 3 N–H and O–H groups in total. The Kier molecular flexibility index (Phi) is 4.43. The highest BCUT2D eigenvalue weighted by molar-refractivity contribution is 9.10. The number of rotatable bonds is 4. The first-order valence-electron chi connectivity index (χ1n) is 6.10. The second kappa shape index (κ2) is 6.06. The van der Waals surface area contributed by atoms with Crippen molar-refractivity contribution in [1.82, 2.24) is 0 Å². The van der Waals surface area contributed by atoms with Crippen LogP contribution in [0.5, 0.6) is 0 Å². The number of halogens is 2. The van der Waals surface area contributed by atoms with Gasteiger partial charge in [-0.05, 0) is 49.2 Å². The predicted octanol–water partition coefficient (Wildman–Crippen LogP) is 4.21. The fraction of sp³-hybridized carbons (Fsp3) is 0.200. The Bertz CT molecular complexity index is 555. The third-order valence-corrected chi connectivity index (χ3v) is 3.36. The molecule has 0 bridgehead atoms. The Morgan fingerprint density at radius 2 is 1.89 bits per heavy atom. The van der Waals surface area contributed by atoms with Crippen LogP contribution in [-0.4, -0.2) is 6.04 Å². The lowest BCUT2D eigenvalue weighted by molar-refractivity contribution is 0.626. The zero-order chi connectivity index (χ0) is 13.8. The number of nitrogens with two attached hydrogens (primary N) is 1. The van der Waals surface area contributed by atoms with Crippen LogP contribution in [-0.2, 0) is 6.42 Å². The summed E-state index contributed by atoms with van der Waals surface area (Å²) in [5.74, 6) is -0.207. The minimum atomic E-state index is -0.207. The summed E-state index contributed by atoms with van der Waals surface area (Å²) in [7, 11) is 0. The van der Waals surface area contributed by atoms with Gasteiger partial charge in [0.15, 0.2) is 0 Å². The standard InChI is InChI=1S/C15H16BrFN2/c1-10(8-11-2-5-13(17)6-3-11)19-15-7-4-12(16)9-14(15)18/h2-7,9-10,19H,8,18H2,1H3. The second-order valence-electron chi connectivity index (χ2n) is 4.61. The van der Waals surface area contributed by atoms with Gasteiger partial charge in [-0.3, -0.25) is 0 Å². The van der Waals surface area contributed by atoms with Crippen LogP contribution < -0.4 is 11.1 Å². The first-order valence-corrected chi connectivity index (χ1v) is 6.90. The average molecular weight is 323 g/mol. The molecule has 2 nitrogen and oxygen atoms in total. The summed E-state index contributed by atoms with van der Waals surface area (Å²) in [5.41, 5.74) is 8.66. The topological polar surface area (TPSA) is 38.0 Å². The third-order valence-electron chi connectivity index (χ3n) is 2.87. The lowest BCUT2D eigenvalue weighted by Crippen LogP contribution is -2.18. The van der Waals surface area contributed by atoms with E-state index in [1.807, 2.05) is 18.2 Å². The minimum Gasteiger partial charge on any atom is -0.397 e. The number of anilines is 2. The minimum absolute atomic E-state index is 0.207. The van der Waals surface area contributed by atoms with E-state index in [1.165, 1.54) is 12.1 Å². The van der Waals surface area contributed by atoms with Gasteiger partial charge < -0.3 is 11.1 Å². The van der Waals surface area contributed by atoms with Crippen LogP contribution in [0.4, 0.5) is 15.8 Å². The first kappa shape index (κ1) is 13.9. The van der Waals surface area contributed by atoms with Gasteiger partial charge in [0, 0.05) is 10.5 Å². The highest BCUT2D eigenvalue weighted by Crippen LogP contribution is 2.24. The maximum Gasteiger partial charge on any atom is 0.123 e. The van der Waals surface area contributed by atoms with Crippen molar-refractivity contribution in [2.24, 2.45) is 0 Å². The molecule has 4 heteroatoms. The van der Waals surface area contributed by atoms with Crippen molar-refractivity contribution in [2.45, 2.75) is 19.4 Å². The summed E-state index contributed by atoms with van der Waals surface area (Å²) in [5, 5.41) is 3.36. The van der Waals surface area contributed by atoms with Gasteiger partial charge in [0.2, 0.25) is 0 Å². The van der Waals surface area contributed by atoms with Crippen molar-refractivity contribution in [3.63, 3.8) is 0 Å². The molecular weight excluding hydrogens is 307 g/mol. The van der Waals surface area contributed by atoms with Crippen molar-refractivity contribution < 1.29 is 4.39 Å². The quantitative estimate of drug-likeness (QED) is 0.827. The average Bonchev–Trinajstić information content (AvgIpc) is 2.36. The van der Waals surface area contributed by atoms with Gasteiger partial charge in [-0.1, -0.05) is 28.1 Å². The van der Waals surface area contributed by atoms with E-state index in [1.54, 1.807) is 12.1 Å². The Labute approximate surface area is 121 Å². The van der Waals surface area contributed by atoms with E-state index < -0.39 is 0 Å². The van der Waals surface area contributed by atoms with Crippen LogP contribution in [0.25, 0.3) is 0 Å². The Balaban J connectivity index is 2.01. The maximum absolute atomic E-state index is 12.8. The van der Waals surface area contributed by atoms with Crippen molar-refractivity contribution in [2.75, 3.05) is 11.1 Å². The van der Waals surface area contributed by atoms with Gasteiger partial charge in [-0.15, -0.1) is 0 Å². The molecule has 0 saturated heterocycles. The molecule has 0 radical (unpaired) electrons. The monoisotopic (exact) mass is 322 g/mol. The molecule has 0 heterocycles. The van der Waals surface area contributed by atoms with Crippen molar-refractivity contribution in [1.29, 1.82) is 0 Å². The van der Waals surface area contributed by atoms with Crippen molar-refractivity contribution >= 4 is 27.3 Å². The fourth-order valence-electron chi connectivity index (χ4n) is 1.96. The zero-order valence-electron chi connectivity index (χ0n) is 10.7. The van der Waals surface area contributed by atoms with Crippen molar-refractivity contribution in [3.05, 3.63) is 58.3 Å². The smallest absolute Gasteiger partial charge is 0.123 e. The van der Waals surface area contributed by atoms with Crippen LogP contribution in [0.15, 0.2) is 46.9 Å². The van der Waals surface area contributed by atoms with Gasteiger partial charge >= 0.3 is 0 Å². The molecule has 19 heavy (non-hydrogen) atoms.